The van der Waals surface area contributed by atoms with Crippen molar-refractivity contribution in [3.05, 3.63) is 302 Å². The largest absolute Gasteiger partial charge is 0.330 e. The highest BCUT2D eigenvalue weighted by Crippen LogP contribution is 2.39. The summed E-state index contributed by atoms with van der Waals surface area (Å²) in [4.78, 5) is 62.5. The van der Waals surface area contributed by atoms with Crippen molar-refractivity contribution in [3.63, 3.8) is 0 Å². The highest BCUT2D eigenvalue weighted by atomic mass is 35.5. The van der Waals surface area contributed by atoms with Gasteiger partial charge in [-0.3, -0.25) is 14.4 Å². The number of amides is 3. The number of nitrogens with two attached hydrogens (primary N) is 3. The van der Waals surface area contributed by atoms with Crippen molar-refractivity contribution in [1.29, 1.82) is 5.26 Å². The maximum absolute atomic E-state index is 14.0. The fourth-order valence-corrected chi connectivity index (χ4v) is 14.4. The van der Waals surface area contributed by atoms with Gasteiger partial charge in [0.25, 0.3) is 17.7 Å². The molecular formula is C89H102ClN13O3. The van der Waals surface area contributed by atoms with Crippen molar-refractivity contribution in [2.75, 3.05) is 39.3 Å². The Bertz CT molecular complexity index is 4910. The van der Waals surface area contributed by atoms with Gasteiger partial charge in [0, 0.05) is 62.5 Å². The summed E-state index contributed by atoms with van der Waals surface area (Å²) in [5.74, 6) is 2.80. The molecule has 3 amide bonds. The van der Waals surface area contributed by atoms with E-state index in [1.807, 2.05) is 181 Å². The Hall–Kier alpha value is -10.5. The van der Waals surface area contributed by atoms with Crippen molar-refractivity contribution in [1.82, 2.24) is 43.4 Å². The van der Waals surface area contributed by atoms with Crippen LogP contribution in [0.3, 0.4) is 0 Å². The minimum atomic E-state index is -0.298. The van der Waals surface area contributed by atoms with Gasteiger partial charge in [-0.1, -0.05) is 228 Å². The Kier molecular flexibility index (Phi) is 27.2. The van der Waals surface area contributed by atoms with Crippen LogP contribution in [0, 0.1) is 49.9 Å². The molecule has 3 heterocycles. The number of benzene rings is 9. The van der Waals surface area contributed by atoms with Gasteiger partial charge in [0.1, 0.15) is 34.6 Å². The molecule has 0 radical (unpaired) electrons. The van der Waals surface area contributed by atoms with Crippen LogP contribution in [0.25, 0.3) is 33.1 Å². The number of hydrogen-bond donors (Lipinski definition) is 3. The van der Waals surface area contributed by atoms with Crippen LogP contribution in [0.1, 0.15) is 172 Å². The smallest absolute Gasteiger partial charge is 0.254 e. The van der Waals surface area contributed by atoms with Crippen molar-refractivity contribution >= 4 is 62.4 Å². The highest BCUT2D eigenvalue weighted by molar-refractivity contribution is 6.35. The number of hydrogen-bond acceptors (Lipinski definition) is 10. The third-order valence-corrected chi connectivity index (χ3v) is 19.9. The van der Waals surface area contributed by atoms with Crippen LogP contribution in [0.15, 0.2) is 218 Å². The van der Waals surface area contributed by atoms with Crippen LogP contribution < -0.4 is 17.2 Å². The Morgan fingerprint density at radius 1 is 0.425 bits per heavy atom. The minimum Gasteiger partial charge on any atom is -0.330 e. The average molecular weight is 1440 g/mol. The van der Waals surface area contributed by atoms with E-state index in [0.717, 1.165) is 79.3 Å². The van der Waals surface area contributed by atoms with Gasteiger partial charge >= 0.3 is 0 Å². The second kappa shape index (κ2) is 36.9. The molecule has 0 unspecified atom stereocenters. The van der Waals surface area contributed by atoms with E-state index in [4.69, 9.17) is 43.8 Å². The number of para-hydroxylation sites is 3. The first-order valence-electron chi connectivity index (χ1n) is 37.2. The monoisotopic (exact) mass is 1440 g/mol. The van der Waals surface area contributed by atoms with Gasteiger partial charge in [-0.2, -0.15) is 5.26 Å². The fourth-order valence-electron chi connectivity index (χ4n) is 14.1. The highest BCUT2D eigenvalue weighted by Gasteiger charge is 2.37. The molecule has 0 saturated heterocycles. The quantitative estimate of drug-likeness (QED) is 0.0442. The molecule has 548 valence electrons. The standard InChI is InChI=1S/C31H37ClN4O.C30H33N5O.C28H32N4O/c1-5-24-16-17-26-28(27(24)32)34-30(36(26)20-23-10-7-6-8-11-23)29(21(2)3)35(19-9-18-33)31(37)25-14-12-22(4)13-15-25;1-21(2)28(34(18-8-17-31)30(36)24-15-13-22(3)14-16-24)29-33-27-25(19-32)11-7-12-26(27)35(29)20-23-9-5-4-6-10-23;1-20(2)26(31(18-17-29)28(33)23-15-13-21(3)14-16-23)27-30-24-11-7-8-12-25(24)32(27)19-22-9-5-4-6-10-22/h6-8,10-17,21,29H,5,9,18-20,33H2,1-4H3;4-7,9-16,21,28H,8,17-18,20,31H2,1-3H3;4-16,20,26H,17-19,29H2,1-3H3/t29-;28-;26-/m111/s1. The van der Waals surface area contributed by atoms with E-state index >= 15 is 0 Å². The second-order valence-corrected chi connectivity index (χ2v) is 28.8. The van der Waals surface area contributed by atoms with Gasteiger partial charge in [-0.25, -0.2) is 15.0 Å². The molecule has 0 spiro atoms. The van der Waals surface area contributed by atoms with Crippen LogP contribution >= 0.6 is 11.6 Å². The van der Waals surface area contributed by atoms with Crippen LogP contribution in [0.2, 0.25) is 5.02 Å². The SMILES string of the molecule is CCc1ccc2c(nc([C@@H](C(C)C)N(CCCN)C(=O)c3ccc(C)cc3)n2Cc2ccccc2)c1Cl.Cc1ccc(C(=O)N(CCCN)[C@@H](c2nc3c(C#N)cccc3n2Cc2ccccc2)C(C)C)cc1.Cc1ccc(C(=O)N(CCN)[C@@H](c2nc3ccccc3n2Cc2ccccc2)C(C)C)cc1. The zero-order valence-electron chi connectivity index (χ0n) is 63.0. The lowest BCUT2D eigenvalue weighted by atomic mass is 9.99. The Labute approximate surface area is 630 Å². The van der Waals surface area contributed by atoms with Crippen LogP contribution in [-0.2, 0) is 26.1 Å². The number of aryl methyl sites for hydroxylation is 4. The minimum absolute atomic E-state index is 0.00851. The molecule has 16 nitrogen and oxygen atoms in total. The van der Waals surface area contributed by atoms with E-state index in [1.165, 1.54) is 11.1 Å². The molecule has 12 rings (SSSR count). The van der Waals surface area contributed by atoms with E-state index in [1.54, 1.807) is 6.07 Å². The number of nitrogens with zero attached hydrogens (tertiary/aromatic N) is 10. The first kappa shape index (κ1) is 78.1. The molecule has 0 aliphatic carbocycles. The fraction of sp³-hybridized carbons (Fsp3) is 0.315. The van der Waals surface area contributed by atoms with Crippen LogP contribution in [-0.4, -0.2) is 100 Å². The molecule has 17 heteroatoms. The molecule has 3 atom stereocenters. The molecule has 0 aliphatic rings. The number of nitriles is 1. The lowest BCUT2D eigenvalue weighted by Gasteiger charge is -2.34. The summed E-state index contributed by atoms with van der Waals surface area (Å²) in [5, 5.41) is 10.5. The molecule has 0 aliphatic heterocycles. The maximum Gasteiger partial charge on any atom is 0.254 e. The molecular weight excluding hydrogens is 1330 g/mol. The molecule has 0 fully saturated rings. The van der Waals surface area contributed by atoms with Gasteiger partial charge < -0.3 is 45.6 Å². The van der Waals surface area contributed by atoms with Crippen molar-refractivity contribution in [3.8, 4) is 6.07 Å². The number of aromatic nitrogens is 6. The molecule has 106 heavy (non-hydrogen) atoms. The van der Waals surface area contributed by atoms with E-state index in [0.29, 0.717) is 105 Å². The number of fused-ring (bicyclic) bond motifs is 3. The zero-order chi connectivity index (χ0) is 75.6. The van der Waals surface area contributed by atoms with E-state index < -0.39 is 0 Å². The van der Waals surface area contributed by atoms with E-state index in [2.05, 4.69) is 135 Å². The van der Waals surface area contributed by atoms with Crippen molar-refractivity contribution < 1.29 is 14.4 Å². The first-order valence-corrected chi connectivity index (χ1v) is 37.5. The summed E-state index contributed by atoms with van der Waals surface area (Å²) in [6, 6.07) is 73.7. The van der Waals surface area contributed by atoms with Gasteiger partial charge in [0.2, 0.25) is 0 Å². The summed E-state index contributed by atoms with van der Waals surface area (Å²) in [7, 11) is 0. The van der Waals surface area contributed by atoms with Gasteiger partial charge in [-0.15, -0.1) is 0 Å². The predicted molar refractivity (Wildman–Crippen MR) is 431 cm³/mol. The van der Waals surface area contributed by atoms with E-state index in [9.17, 15) is 19.6 Å². The molecule has 3 aromatic heterocycles. The molecule has 12 aromatic rings. The number of halogens is 1. The number of imidazole rings is 3. The third-order valence-electron chi connectivity index (χ3n) is 19.5. The summed E-state index contributed by atoms with van der Waals surface area (Å²) in [6.45, 7) is 25.8. The van der Waals surface area contributed by atoms with Crippen molar-refractivity contribution in [2.24, 2.45) is 35.0 Å². The van der Waals surface area contributed by atoms with Gasteiger partial charge in [0.15, 0.2) is 0 Å². The molecule has 0 bridgehead atoms. The zero-order valence-corrected chi connectivity index (χ0v) is 63.8. The van der Waals surface area contributed by atoms with Gasteiger partial charge in [0.05, 0.1) is 50.8 Å². The van der Waals surface area contributed by atoms with E-state index in [-0.39, 0.29) is 53.6 Å². The van der Waals surface area contributed by atoms with Gasteiger partial charge in [-0.05, 0) is 160 Å². The number of rotatable bonds is 27. The predicted octanol–water partition coefficient (Wildman–Crippen LogP) is 17.4. The third kappa shape index (κ3) is 18.4. The number of carbonyl (C=O) groups excluding carboxylic acids is 3. The molecule has 9 aromatic carbocycles. The topological polar surface area (TPSA) is 216 Å². The first-order chi connectivity index (χ1) is 51.3. The normalized spacial score (nSPS) is 12.2. The summed E-state index contributed by atoms with van der Waals surface area (Å²) in [6.07, 6.45) is 2.22. The lowest BCUT2D eigenvalue weighted by molar-refractivity contribution is 0.0599. The summed E-state index contributed by atoms with van der Waals surface area (Å²) in [5.41, 5.74) is 33.6. The van der Waals surface area contributed by atoms with Crippen LogP contribution in [0.4, 0.5) is 0 Å². The number of carbonyl (C=O) groups is 3. The average Bonchev–Trinajstić information content (AvgIpc) is 1.62. The van der Waals surface area contributed by atoms with Crippen molar-refractivity contribution in [2.45, 2.75) is 126 Å². The summed E-state index contributed by atoms with van der Waals surface area (Å²) < 4.78 is 6.65. The molecule has 6 N–H and O–H groups in total. The maximum atomic E-state index is 14.0. The van der Waals surface area contributed by atoms with Crippen LogP contribution in [0.5, 0.6) is 0 Å². The Morgan fingerprint density at radius 3 is 1.17 bits per heavy atom. The second-order valence-electron chi connectivity index (χ2n) is 28.4. The molecule has 0 saturated carbocycles. The Balaban J connectivity index is 0.000000170. The Morgan fingerprint density at radius 2 is 0.783 bits per heavy atom. The lowest BCUT2D eigenvalue weighted by Crippen LogP contribution is -2.41. The summed E-state index contributed by atoms with van der Waals surface area (Å²) >= 11 is 6.88.